The van der Waals surface area contributed by atoms with Crippen molar-refractivity contribution in [3.63, 3.8) is 0 Å². The summed E-state index contributed by atoms with van der Waals surface area (Å²) in [5.74, 6) is -4.68. The zero-order chi connectivity index (χ0) is 47.3. The zero-order valence-electron chi connectivity index (χ0n) is 40.4. The molecule has 3 fully saturated rings. The van der Waals surface area contributed by atoms with E-state index < -0.39 is 60.0 Å². The number of carbonyl (C=O) groups excluding carboxylic acids is 4. The van der Waals surface area contributed by atoms with E-state index in [2.05, 4.69) is 0 Å². The van der Waals surface area contributed by atoms with Gasteiger partial charge in [0.25, 0.3) is 0 Å². The molecule has 0 radical (unpaired) electrons. The first kappa shape index (κ1) is 53.6. The van der Waals surface area contributed by atoms with E-state index in [9.17, 15) is 34.5 Å². The standard InChI is InChI=1S/C51H81NO12/c1-31-16-12-11-13-17-32(2)43(60-8)28-39-21-19-37(7)51(59,64-39)30-46(55)52-23-15-14-18-40(52)50(58)63-44(34(4)26-38-20-22-41(53)45(27-38)61-9)29-42(54)33(3)25-36(6)48(57)49(62-10)47(56)35(5)24-31/h11-13,16-17,25,31,33-35,37-41,43-45,48-49,53,57,59H,14-15,18-24,26-30H2,1-10H3/b13-11-,16-12+,32-17+,36-25+/t31-,33-,34-,35-,37-,38+,39+,40+,41-,43+,44+,45-,48-,49+,51+/m1/s1. The second-order valence-corrected chi connectivity index (χ2v) is 19.7. The van der Waals surface area contributed by atoms with Crippen LogP contribution in [0.2, 0.25) is 0 Å². The van der Waals surface area contributed by atoms with Crippen LogP contribution in [-0.4, -0.2) is 126 Å². The van der Waals surface area contributed by atoms with E-state index in [1.807, 2.05) is 65.0 Å². The molecule has 0 aromatic carbocycles. The number of hydrogen-bond donors (Lipinski definition) is 3. The number of rotatable bonds is 6. The largest absolute Gasteiger partial charge is 0.460 e. The van der Waals surface area contributed by atoms with Crippen molar-refractivity contribution in [1.82, 2.24) is 4.90 Å². The third kappa shape index (κ3) is 14.7. The molecule has 2 bridgehead atoms. The highest BCUT2D eigenvalue weighted by Gasteiger charge is 2.46. The van der Waals surface area contributed by atoms with Crippen LogP contribution in [0.4, 0.5) is 0 Å². The molecule has 1 amide bonds. The summed E-state index contributed by atoms with van der Waals surface area (Å²) in [4.78, 5) is 57.9. The first-order chi connectivity index (χ1) is 30.3. The number of hydrogen-bond acceptors (Lipinski definition) is 12. The predicted octanol–water partition coefficient (Wildman–Crippen LogP) is 7.00. The molecule has 4 aliphatic rings. The van der Waals surface area contributed by atoms with Crippen molar-refractivity contribution in [3.8, 4) is 0 Å². The fraction of sp³-hybridized carbons (Fsp3) is 0.765. The van der Waals surface area contributed by atoms with Crippen LogP contribution in [-0.2, 0) is 42.9 Å². The molecule has 0 aromatic rings. The van der Waals surface area contributed by atoms with Crippen LogP contribution in [0.5, 0.6) is 0 Å². The third-order valence-corrected chi connectivity index (χ3v) is 14.5. The number of fused-ring (bicyclic) bond motifs is 3. The van der Waals surface area contributed by atoms with Gasteiger partial charge in [0.1, 0.15) is 30.1 Å². The molecule has 13 nitrogen and oxygen atoms in total. The Bertz CT molecular complexity index is 1670. The maximum atomic E-state index is 14.4. The van der Waals surface area contributed by atoms with Crippen LogP contribution in [0.3, 0.4) is 0 Å². The number of allylic oxidation sites excluding steroid dienone is 6. The Balaban J connectivity index is 1.67. The summed E-state index contributed by atoms with van der Waals surface area (Å²) in [5, 5.41) is 33.9. The highest BCUT2D eigenvalue weighted by atomic mass is 16.6. The molecule has 13 heteroatoms. The Morgan fingerprint density at radius 1 is 0.859 bits per heavy atom. The molecule has 0 unspecified atom stereocenters. The lowest BCUT2D eigenvalue weighted by Crippen LogP contribution is -2.55. The first-order valence-electron chi connectivity index (χ1n) is 23.9. The number of Topliss-reactive ketones (excluding diaryl/α,β-unsaturated/α-hetero) is 2. The quantitative estimate of drug-likeness (QED) is 0.184. The average Bonchev–Trinajstić information content (AvgIpc) is 3.26. The Kier molecular flexibility index (Phi) is 21.1. The summed E-state index contributed by atoms with van der Waals surface area (Å²) >= 11 is 0. The van der Waals surface area contributed by atoms with Crippen molar-refractivity contribution in [2.24, 2.45) is 35.5 Å². The number of esters is 1. The number of piperidine rings is 1. The monoisotopic (exact) mass is 900 g/mol. The summed E-state index contributed by atoms with van der Waals surface area (Å²) in [6.45, 7) is 13.4. The van der Waals surface area contributed by atoms with E-state index in [0.29, 0.717) is 76.3 Å². The van der Waals surface area contributed by atoms with Gasteiger partial charge >= 0.3 is 5.97 Å². The SMILES string of the molecule is CO[C@H]1C[C@@H]2CC[C@@H](C)[C@](O)(CC(=O)N3CCCC[C@H]3C(=O)O[C@H]([C@H](C)C[C@@H]3CC[C@@H](O)[C@H](OC)C3)CC(=O)[C@H](C)/C=C(\C)[C@@H](O)[C@@H](OC)C(=O)[C@H](C)C[C@H](C)/C=C/C=C\C=C\1C)O2. The van der Waals surface area contributed by atoms with Gasteiger partial charge in [-0.25, -0.2) is 4.79 Å². The fourth-order valence-electron chi connectivity index (χ4n) is 10.2. The topological polar surface area (TPSA) is 178 Å². The van der Waals surface area contributed by atoms with Gasteiger partial charge in [0.05, 0.1) is 30.8 Å². The van der Waals surface area contributed by atoms with E-state index in [1.165, 1.54) is 12.0 Å². The van der Waals surface area contributed by atoms with Crippen molar-refractivity contribution < 1.29 is 58.2 Å². The predicted molar refractivity (Wildman–Crippen MR) is 245 cm³/mol. The lowest BCUT2D eigenvalue weighted by Gasteiger charge is -2.44. The molecule has 2 saturated heterocycles. The number of ether oxygens (including phenoxy) is 5. The Hall–Kier alpha value is -3.04. The molecule has 1 aliphatic carbocycles. The highest BCUT2D eigenvalue weighted by Crippen LogP contribution is 2.39. The fourth-order valence-corrected chi connectivity index (χ4v) is 10.2. The second-order valence-electron chi connectivity index (χ2n) is 19.7. The minimum Gasteiger partial charge on any atom is -0.460 e. The number of methoxy groups -OCH3 is 3. The summed E-state index contributed by atoms with van der Waals surface area (Å²) in [6, 6.07) is -0.903. The van der Waals surface area contributed by atoms with Gasteiger partial charge in [0.15, 0.2) is 11.6 Å². The molecule has 0 aromatic heterocycles. The molecular weight excluding hydrogens is 819 g/mol. The molecule has 362 valence electrons. The number of carbonyl (C=O) groups is 4. The molecule has 3 N–H and O–H groups in total. The molecule has 4 rings (SSSR count). The Morgan fingerprint density at radius 3 is 2.28 bits per heavy atom. The number of aliphatic hydroxyl groups is 3. The molecule has 64 heavy (non-hydrogen) atoms. The molecule has 3 aliphatic heterocycles. The Labute approximate surface area is 383 Å². The van der Waals surface area contributed by atoms with Crippen LogP contribution in [0.25, 0.3) is 0 Å². The number of ketones is 2. The second kappa shape index (κ2) is 25.2. The number of aliphatic hydroxyl groups excluding tert-OH is 2. The van der Waals surface area contributed by atoms with E-state index >= 15 is 0 Å². The summed E-state index contributed by atoms with van der Waals surface area (Å²) in [5.41, 5.74) is 1.39. The van der Waals surface area contributed by atoms with Gasteiger partial charge in [-0.2, -0.15) is 0 Å². The van der Waals surface area contributed by atoms with Gasteiger partial charge in [0, 0.05) is 58.5 Å². The van der Waals surface area contributed by atoms with Gasteiger partial charge in [-0.05, 0) is 107 Å². The van der Waals surface area contributed by atoms with Gasteiger partial charge in [-0.15, -0.1) is 0 Å². The molecular formula is C51H81NO12. The van der Waals surface area contributed by atoms with Crippen LogP contribution in [0.1, 0.15) is 132 Å². The van der Waals surface area contributed by atoms with Crippen molar-refractivity contribution in [3.05, 3.63) is 47.6 Å². The summed E-state index contributed by atoms with van der Waals surface area (Å²) in [7, 11) is 4.63. The van der Waals surface area contributed by atoms with Gasteiger partial charge in [-0.3, -0.25) is 14.4 Å². The zero-order valence-corrected chi connectivity index (χ0v) is 40.4. The lowest BCUT2D eigenvalue weighted by atomic mass is 9.78. The van der Waals surface area contributed by atoms with Gasteiger partial charge in [0.2, 0.25) is 5.91 Å². The van der Waals surface area contributed by atoms with Crippen molar-refractivity contribution in [1.29, 1.82) is 0 Å². The number of amides is 1. The van der Waals surface area contributed by atoms with E-state index in [4.69, 9.17) is 23.7 Å². The maximum absolute atomic E-state index is 14.4. The molecule has 1 saturated carbocycles. The first-order valence-corrected chi connectivity index (χ1v) is 23.9. The molecule has 0 spiro atoms. The van der Waals surface area contributed by atoms with Crippen molar-refractivity contribution in [2.45, 2.75) is 186 Å². The lowest BCUT2D eigenvalue weighted by molar-refractivity contribution is -0.284. The molecule has 3 heterocycles. The minimum atomic E-state index is -1.75. The van der Waals surface area contributed by atoms with E-state index in [0.717, 1.165) is 12.0 Å². The minimum absolute atomic E-state index is 0.0492. The third-order valence-electron chi connectivity index (χ3n) is 14.5. The average molecular weight is 900 g/mol. The van der Waals surface area contributed by atoms with Gasteiger partial charge in [-0.1, -0.05) is 71.1 Å². The normalized spacial score (nSPS) is 40.8. The maximum Gasteiger partial charge on any atom is 0.329 e. The summed E-state index contributed by atoms with van der Waals surface area (Å²) in [6.07, 6.45) is 13.0. The number of nitrogens with zero attached hydrogens (tertiary/aromatic N) is 1. The van der Waals surface area contributed by atoms with Crippen LogP contribution < -0.4 is 0 Å². The van der Waals surface area contributed by atoms with Gasteiger partial charge < -0.3 is 43.9 Å². The van der Waals surface area contributed by atoms with Crippen molar-refractivity contribution >= 4 is 23.4 Å². The number of cyclic esters (lactones) is 1. The smallest absolute Gasteiger partial charge is 0.329 e. The van der Waals surface area contributed by atoms with Crippen LogP contribution in [0, 0.1) is 35.5 Å². The Morgan fingerprint density at radius 2 is 1.59 bits per heavy atom. The highest BCUT2D eigenvalue weighted by molar-refractivity contribution is 5.87. The molecule has 15 atom stereocenters. The van der Waals surface area contributed by atoms with Crippen LogP contribution >= 0.6 is 0 Å². The van der Waals surface area contributed by atoms with Crippen molar-refractivity contribution in [2.75, 3.05) is 27.9 Å². The van der Waals surface area contributed by atoms with E-state index in [1.54, 1.807) is 34.1 Å². The van der Waals surface area contributed by atoms with E-state index in [-0.39, 0.29) is 66.4 Å². The summed E-state index contributed by atoms with van der Waals surface area (Å²) < 4.78 is 29.8. The van der Waals surface area contributed by atoms with Crippen LogP contribution in [0.15, 0.2) is 47.6 Å².